The molecule has 1 fully saturated rings. The quantitative estimate of drug-likeness (QED) is 0.179. The van der Waals surface area contributed by atoms with Crippen LogP contribution in [0.25, 0.3) is 0 Å². The number of hydrogen-bond acceptors (Lipinski definition) is 8. The number of ether oxygens (including phenoxy) is 1. The van der Waals surface area contributed by atoms with E-state index in [1.54, 1.807) is 39.8 Å². The molecule has 1 saturated heterocycles. The Hall–Kier alpha value is -1.72. The van der Waals surface area contributed by atoms with E-state index in [0.29, 0.717) is 12.2 Å². The van der Waals surface area contributed by atoms with Gasteiger partial charge in [0.15, 0.2) is 0 Å². The standard InChI is InChI=1S/C22H37N3O6S2/c1-12(2)19-16(26)10-18(28)31-14(7-5-6-8-32)9-17(27)24-20(13(3)4)22(30)23-15(11-33)21(29)25-19/h5,7,12-16,19-20,26,32-33H,6,8-11H2,1-4H3,(H,23,30)(H,24,27)(H,25,29). The number of hydrogen-bond donors (Lipinski definition) is 6. The zero-order chi connectivity index (χ0) is 25.1. The maximum atomic E-state index is 12.9. The number of carbonyl (C=O) groups excluding carboxylic acids is 4. The summed E-state index contributed by atoms with van der Waals surface area (Å²) in [6, 6.07) is -2.64. The molecule has 1 heterocycles. The molecule has 33 heavy (non-hydrogen) atoms. The average Bonchev–Trinajstić information content (AvgIpc) is 2.72. The third kappa shape index (κ3) is 9.97. The van der Waals surface area contributed by atoms with Crippen LogP contribution in [0, 0.1) is 11.8 Å². The second-order valence-corrected chi connectivity index (χ2v) is 9.57. The molecule has 1 aliphatic rings. The minimum atomic E-state index is -1.22. The number of thiol groups is 2. The van der Waals surface area contributed by atoms with Gasteiger partial charge in [0.25, 0.3) is 0 Å². The van der Waals surface area contributed by atoms with E-state index >= 15 is 0 Å². The first kappa shape index (κ1) is 29.3. The van der Waals surface area contributed by atoms with Crippen molar-refractivity contribution >= 4 is 48.9 Å². The zero-order valence-electron chi connectivity index (χ0n) is 19.6. The number of amides is 3. The van der Waals surface area contributed by atoms with Gasteiger partial charge in [-0.15, -0.1) is 0 Å². The highest BCUT2D eigenvalue weighted by atomic mass is 32.1. The van der Waals surface area contributed by atoms with Gasteiger partial charge in [0.1, 0.15) is 18.2 Å². The fourth-order valence-corrected chi connectivity index (χ4v) is 3.77. The molecule has 0 aliphatic carbocycles. The van der Waals surface area contributed by atoms with Gasteiger partial charge in [-0.3, -0.25) is 19.2 Å². The molecule has 5 unspecified atom stereocenters. The highest BCUT2D eigenvalue weighted by Gasteiger charge is 2.33. The van der Waals surface area contributed by atoms with Gasteiger partial charge in [0.05, 0.1) is 25.0 Å². The van der Waals surface area contributed by atoms with Crippen LogP contribution in [0.5, 0.6) is 0 Å². The van der Waals surface area contributed by atoms with Crippen molar-refractivity contribution in [2.45, 2.75) is 77.3 Å². The second kappa shape index (κ2) is 14.5. The normalized spacial score (nSPS) is 28.7. The highest BCUT2D eigenvalue weighted by molar-refractivity contribution is 7.80. The molecule has 0 radical (unpaired) electrons. The van der Waals surface area contributed by atoms with Crippen LogP contribution in [0.15, 0.2) is 12.2 Å². The van der Waals surface area contributed by atoms with E-state index in [2.05, 4.69) is 41.2 Å². The van der Waals surface area contributed by atoms with Crippen LogP contribution in [0.3, 0.4) is 0 Å². The lowest BCUT2D eigenvalue weighted by Gasteiger charge is -2.29. The van der Waals surface area contributed by atoms with Crippen molar-refractivity contribution in [1.29, 1.82) is 0 Å². The van der Waals surface area contributed by atoms with Gasteiger partial charge in [0, 0.05) is 5.75 Å². The lowest BCUT2D eigenvalue weighted by molar-refractivity contribution is -0.151. The van der Waals surface area contributed by atoms with E-state index in [9.17, 15) is 24.3 Å². The smallest absolute Gasteiger partial charge is 0.309 e. The number of allylic oxidation sites excluding steroid dienone is 1. The highest BCUT2D eigenvalue weighted by Crippen LogP contribution is 2.14. The third-order valence-electron chi connectivity index (χ3n) is 5.21. The number of cyclic esters (lactones) is 1. The van der Waals surface area contributed by atoms with Crippen molar-refractivity contribution in [3.8, 4) is 0 Å². The molecule has 1 rings (SSSR count). The van der Waals surface area contributed by atoms with E-state index in [0.717, 1.165) is 0 Å². The van der Waals surface area contributed by atoms with Crippen molar-refractivity contribution in [1.82, 2.24) is 16.0 Å². The Morgan fingerprint density at radius 3 is 2.21 bits per heavy atom. The molecule has 0 bridgehead atoms. The van der Waals surface area contributed by atoms with Crippen LogP contribution < -0.4 is 16.0 Å². The van der Waals surface area contributed by atoms with Crippen molar-refractivity contribution in [2.24, 2.45) is 11.8 Å². The second-order valence-electron chi connectivity index (χ2n) is 8.76. The molecule has 188 valence electrons. The number of nitrogens with one attached hydrogen (secondary N) is 3. The monoisotopic (exact) mass is 503 g/mol. The van der Waals surface area contributed by atoms with Gasteiger partial charge in [-0.05, 0) is 30.1 Å². The largest absolute Gasteiger partial charge is 0.457 e. The maximum Gasteiger partial charge on any atom is 0.309 e. The third-order valence-corrected chi connectivity index (χ3v) is 5.84. The van der Waals surface area contributed by atoms with Crippen LogP contribution in [-0.2, 0) is 23.9 Å². The Morgan fingerprint density at radius 2 is 1.67 bits per heavy atom. The van der Waals surface area contributed by atoms with Gasteiger partial charge < -0.3 is 25.8 Å². The zero-order valence-corrected chi connectivity index (χ0v) is 21.4. The Balaban J connectivity index is 3.28. The summed E-state index contributed by atoms with van der Waals surface area (Å²) >= 11 is 8.30. The van der Waals surface area contributed by atoms with Crippen LogP contribution in [-0.4, -0.2) is 70.6 Å². The Bertz CT molecular complexity index is 716. The minimum absolute atomic E-state index is 0.0112. The number of aliphatic hydroxyl groups is 1. The molecule has 0 aromatic carbocycles. The molecule has 5 atom stereocenters. The summed E-state index contributed by atoms with van der Waals surface area (Å²) < 4.78 is 5.44. The summed E-state index contributed by atoms with van der Waals surface area (Å²) in [7, 11) is 0. The molecule has 0 aromatic heterocycles. The molecule has 0 saturated carbocycles. The van der Waals surface area contributed by atoms with Crippen molar-refractivity contribution in [2.75, 3.05) is 11.5 Å². The van der Waals surface area contributed by atoms with Gasteiger partial charge in [-0.1, -0.05) is 33.8 Å². The van der Waals surface area contributed by atoms with Crippen molar-refractivity contribution < 1.29 is 29.0 Å². The first-order valence-corrected chi connectivity index (χ1v) is 12.4. The van der Waals surface area contributed by atoms with E-state index in [-0.39, 0.29) is 30.4 Å². The van der Waals surface area contributed by atoms with E-state index in [1.165, 1.54) is 0 Å². The maximum absolute atomic E-state index is 12.9. The van der Waals surface area contributed by atoms with Gasteiger partial charge >= 0.3 is 5.97 Å². The summed E-state index contributed by atoms with van der Waals surface area (Å²) in [5, 5.41) is 18.7. The van der Waals surface area contributed by atoms with E-state index in [4.69, 9.17) is 4.74 Å². The first-order chi connectivity index (χ1) is 15.5. The molecule has 0 spiro atoms. The van der Waals surface area contributed by atoms with Crippen molar-refractivity contribution in [3.63, 3.8) is 0 Å². The van der Waals surface area contributed by atoms with Crippen molar-refractivity contribution in [3.05, 3.63) is 12.2 Å². The van der Waals surface area contributed by atoms with Gasteiger partial charge in [0.2, 0.25) is 17.7 Å². The molecular weight excluding hydrogens is 466 g/mol. The summed E-state index contributed by atoms with van der Waals surface area (Å²) in [6.45, 7) is 7.12. The minimum Gasteiger partial charge on any atom is -0.457 e. The lowest BCUT2D eigenvalue weighted by Crippen LogP contribution is -2.58. The first-order valence-electron chi connectivity index (χ1n) is 11.2. The number of esters is 1. The summed E-state index contributed by atoms with van der Waals surface area (Å²) in [4.78, 5) is 50.9. The average molecular weight is 504 g/mol. The Kier molecular flexibility index (Phi) is 12.9. The molecule has 3 amide bonds. The predicted molar refractivity (Wildman–Crippen MR) is 132 cm³/mol. The molecule has 9 nitrogen and oxygen atoms in total. The molecule has 1 aliphatic heterocycles. The van der Waals surface area contributed by atoms with Gasteiger partial charge in [-0.2, -0.15) is 25.3 Å². The summed E-state index contributed by atoms with van der Waals surface area (Å²) in [5.74, 6) is -2.13. The summed E-state index contributed by atoms with van der Waals surface area (Å²) in [6.07, 6.45) is 1.32. The lowest BCUT2D eigenvalue weighted by atomic mass is 9.96. The Morgan fingerprint density at radius 1 is 1.00 bits per heavy atom. The van der Waals surface area contributed by atoms with Crippen LogP contribution in [0.2, 0.25) is 0 Å². The fraction of sp³-hybridized carbons (Fsp3) is 0.727. The van der Waals surface area contributed by atoms with E-state index < -0.39 is 54.0 Å². The molecule has 0 aromatic rings. The van der Waals surface area contributed by atoms with Crippen LogP contribution in [0.4, 0.5) is 0 Å². The van der Waals surface area contributed by atoms with Crippen LogP contribution in [0.1, 0.15) is 47.0 Å². The number of rotatable bonds is 6. The predicted octanol–water partition coefficient (Wildman–Crippen LogP) is 0.625. The number of aliphatic hydroxyl groups excluding tert-OH is 1. The van der Waals surface area contributed by atoms with Gasteiger partial charge in [-0.25, -0.2) is 0 Å². The number of carbonyl (C=O) groups is 4. The fourth-order valence-electron chi connectivity index (χ4n) is 3.36. The topological polar surface area (TPSA) is 134 Å². The van der Waals surface area contributed by atoms with E-state index in [1.807, 2.05) is 0 Å². The molecular formula is C22H37N3O6S2. The SMILES string of the molecule is CC(C)C1NC(=O)CC(C=CCCS)OC(=O)CC(O)C(C(C)C)NC(=O)C(CS)NC1=O. The molecule has 4 N–H and O–H groups in total. The Labute approximate surface area is 206 Å². The molecule has 11 heteroatoms. The van der Waals surface area contributed by atoms with Crippen LogP contribution >= 0.6 is 25.3 Å². The summed E-state index contributed by atoms with van der Waals surface area (Å²) in [5.41, 5.74) is 0.